The average molecular weight is 229 g/mol. The first-order valence-electron chi connectivity index (χ1n) is 5.93. The van der Waals surface area contributed by atoms with Crippen LogP contribution in [0.4, 0.5) is 0 Å². The van der Waals surface area contributed by atoms with Crippen LogP contribution >= 0.6 is 0 Å². The zero-order valence-corrected chi connectivity index (χ0v) is 9.81. The van der Waals surface area contributed by atoms with Crippen LogP contribution in [0.2, 0.25) is 0 Å². The standard InChI is InChI=1S/C13H15N3O/c1-13(8-5-9-14-13)12-15-11(16-17-12)10-6-3-2-4-7-10/h2-4,6-7,14H,5,8-9H2,1H3/t13-/m1/s1. The van der Waals surface area contributed by atoms with Gasteiger partial charge in [0.05, 0.1) is 5.54 Å². The average Bonchev–Trinajstić information content (AvgIpc) is 2.99. The largest absolute Gasteiger partial charge is 0.337 e. The van der Waals surface area contributed by atoms with Crippen molar-refractivity contribution in [1.29, 1.82) is 0 Å². The first-order chi connectivity index (χ1) is 8.28. The summed E-state index contributed by atoms with van der Waals surface area (Å²) in [5, 5.41) is 7.47. The fraction of sp³-hybridized carbons (Fsp3) is 0.385. The van der Waals surface area contributed by atoms with E-state index in [-0.39, 0.29) is 5.54 Å². The second kappa shape index (κ2) is 3.96. The molecule has 1 aliphatic rings. The molecule has 17 heavy (non-hydrogen) atoms. The van der Waals surface area contributed by atoms with Gasteiger partial charge in [-0.1, -0.05) is 35.5 Å². The van der Waals surface area contributed by atoms with Crippen molar-refractivity contribution >= 4 is 0 Å². The van der Waals surface area contributed by atoms with E-state index in [1.807, 2.05) is 30.3 Å². The van der Waals surface area contributed by atoms with Gasteiger partial charge in [-0.2, -0.15) is 4.98 Å². The maximum Gasteiger partial charge on any atom is 0.246 e. The van der Waals surface area contributed by atoms with Gasteiger partial charge < -0.3 is 9.84 Å². The minimum absolute atomic E-state index is 0.153. The summed E-state index contributed by atoms with van der Waals surface area (Å²) in [7, 11) is 0. The van der Waals surface area contributed by atoms with Crippen LogP contribution in [0.5, 0.6) is 0 Å². The molecule has 2 aromatic rings. The molecule has 0 aliphatic carbocycles. The van der Waals surface area contributed by atoms with Crippen molar-refractivity contribution in [3.8, 4) is 11.4 Å². The third kappa shape index (κ3) is 1.85. The van der Waals surface area contributed by atoms with Crippen LogP contribution in [0, 0.1) is 0 Å². The van der Waals surface area contributed by atoms with Crippen molar-refractivity contribution in [2.45, 2.75) is 25.3 Å². The first-order valence-corrected chi connectivity index (χ1v) is 5.93. The van der Waals surface area contributed by atoms with Gasteiger partial charge in [0.25, 0.3) is 0 Å². The zero-order valence-electron chi connectivity index (χ0n) is 9.81. The summed E-state index contributed by atoms with van der Waals surface area (Å²) < 4.78 is 5.38. The van der Waals surface area contributed by atoms with E-state index in [4.69, 9.17) is 4.52 Å². The molecular weight excluding hydrogens is 214 g/mol. The smallest absolute Gasteiger partial charge is 0.246 e. The Kier molecular flexibility index (Phi) is 2.44. The molecule has 1 saturated heterocycles. The monoisotopic (exact) mass is 229 g/mol. The van der Waals surface area contributed by atoms with Gasteiger partial charge >= 0.3 is 0 Å². The molecule has 1 aliphatic heterocycles. The minimum atomic E-state index is -0.153. The Morgan fingerprint density at radius 2 is 2.12 bits per heavy atom. The molecule has 1 atom stereocenters. The second-order valence-corrected chi connectivity index (χ2v) is 4.65. The summed E-state index contributed by atoms with van der Waals surface area (Å²) in [6, 6.07) is 9.89. The maximum atomic E-state index is 5.38. The van der Waals surface area contributed by atoms with Gasteiger partial charge in [-0.25, -0.2) is 0 Å². The van der Waals surface area contributed by atoms with Gasteiger partial charge in [0.15, 0.2) is 0 Å². The second-order valence-electron chi connectivity index (χ2n) is 4.65. The molecule has 0 unspecified atom stereocenters. The number of nitrogens with one attached hydrogen (secondary N) is 1. The SMILES string of the molecule is C[C@]1(c2nc(-c3ccccc3)no2)CCCN1. The van der Waals surface area contributed by atoms with E-state index >= 15 is 0 Å². The predicted octanol–water partition coefficient (Wildman–Crippen LogP) is 2.34. The third-order valence-corrected chi connectivity index (χ3v) is 3.30. The number of hydrogen-bond donors (Lipinski definition) is 1. The van der Waals surface area contributed by atoms with Crippen LogP contribution < -0.4 is 5.32 Å². The van der Waals surface area contributed by atoms with Crippen LogP contribution in [0.1, 0.15) is 25.7 Å². The topological polar surface area (TPSA) is 51.0 Å². The number of nitrogens with zero attached hydrogens (tertiary/aromatic N) is 2. The highest BCUT2D eigenvalue weighted by Crippen LogP contribution is 2.30. The molecule has 1 aromatic heterocycles. The molecule has 1 aromatic carbocycles. The van der Waals surface area contributed by atoms with Crippen LogP contribution in [-0.2, 0) is 5.54 Å². The van der Waals surface area contributed by atoms with Crippen LogP contribution in [0.3, 0.4) is 0 Å². The molecule has 0 amide bonds. The Labute approximate surface area is 100 Å². The Hall–Kier alpha value is -1.68. The predicted molar refractivity (Wildman–Crippen MR) is 64.3 cm³/mol. The highest BCUT2D eigenvalue weighted by atomic mass is 16.5. The zero-order chi connectivity index (χ0) is 11.7. The number of benzene rings is 1. The van der Waals surface area contributed by atoms with Gasteiger partial charge in [0.1, 0.15) is 0 Å². The summed E-state index contributed by atoms with van der Waals surface area (Å²) in [5.41, 5.74) is 0.837. The molecule has 0 spiro atoms. The van der Waals surface area contributed by atoms with E-state index < -0.39 is 0 Å². The summed E-state index contributed by atoms with van der Waals surface area (Å²) in [6.07, 6.45) is 2.20. The summed E-state index contributed by atoms with van der Waals surface area (Å²) in [5.74, 6) is 1.35. The highest BCUT2D eigenvalue weighted by molar-refractivity contribution is 5.53. The van der Waals surface area contributed by atoms with Gasteiger partial charge in [-0.05, 0) is 26.3 Å². The van der Waals surface area contributed by atoms with E-state index in [0.717, 1.165) is 24.9 Å². The molecule has 1 N–H and O–H groups in total. The van der Waals surface area contributed by atoms with Crippen molar-refractivity contribution in [3.63, 3.8) is 0 Å². The van der Waals surface area contributed by atoms with Crippen molar-refractivity contribution in [1.82, 2.24) is 15.5 Å². The number of aromatic nitrogens is 2. The van der Waals surface area contributed by atoms with Gasteiger partial charge in [-0.3, -0.25) is 0 Å². The summed E-state index contributed by atoms with van der Waals surface area (Å²) in [6.45, 7) is 3.13. The third-order valence-electron chi connectivity index (χ3n) is 3.30. The molecule has 4 heteroatoms. The Morgan fingerprint density at radius 3 is 2.82 bits per heavy atom. The Balaban J connectivity index is 1.93. The lowest BCUT2D eigenvalue weighted by atomic mass is 10.0. The Bertz CT molecular complexity index is 500. The first kappa shape index (κ1) is 10.5. The fourth-order valence-corrected chi connectivity index (χ4v) is 2.23. The lowest BCUT2D eigenvalue weighted by Crippen LogP contribution is -2.33. The molecule has 1 fully saturated rings. The molecular formula is C13H15N3O. The molecule has 0 radical (unpaired) electrons. The Morgan fingerprint density at radius 1 is 1.29 bits per heavy atom. The summed E-state index contributed by atoms with van der Waals surface area (Å²) >= 11 is 0. The van der Waals surface area contributed by atoms with E-state index in [1.54, 1.807) is 0 Å². The quantitative estimate of drug-likeness (QED) is 0.858. The lowest BCUT2D eigenvalue weighted by molar-refractivity contribution is 0.275. The van der Waals surface area contributed by atoms with Crippen molar-refractivity contribution in [3.05, 3.63) is 36.2 Å². The number of rotatable bonds is 2. The van der Waals surface area contributed by atoms with E-state index in [2.05, 4.69) is 22.4 Å². The lowest BCUT2D eigenvalue weighted by Gasteiger charge is -2.18. The molecule has 3 rings (SSSR count). The van der Waals surface area contributed by atoms with Crippen molar-refractivity contribution in [2.75, 3.05) is 6.54 Å². The molecule has 2 heterocycles. The molecule has 88 valence electrons. The van der Waals surface area contributed by atoms with Crippen LogP contribution in [-0.4, -0.2) is 16.7 Å². The highest BCUT2D eigenvalue weighted by Gasteiger charge is 2.35. The molecule has 0 saturated carbocycles. The minimum Gasteiger partial charge on any atom is -0.337 e. The van der Waals surface area contributed by atoms with E-state index in [1.165, 1.54) is 0 Å². The summed E-state index contributed by atoms with van der Waals surface area (Å²) in [4.78, 5) is 4.49. The van der Waals surface area contributed by atoms with Crippen LogP contribution in [0.25, 0.3) is 11.4 Å². The van der Waals surface area contributed by atoms with Crippen LogP contribution in [0.15, 0.2) is 34.9 Å². The maximum absolute atomic E-state index is 5.38. The van der Waals surface area contributed by atoms with Gasteiger partial charge in [-0.15, -0.1) is 0 Å². The van der Waals surface area contributed by atoms with Crippen molar-refractivity contribution < 1.29 is 4.52 Å². The van der Waals surface area contributed by atoms with Gasteiger partial charge in [0.2, 0.25) is 11.7 Å². The van der Waals surface area contributed by atoms with E-state index in [0.29, 0.717) is 11.7 Å². The fourth-order valence-electron chi connectivity index (χ4n) is 2.23. The van der Waals surface area contributed by atoms with Gasteiger partial charge in [0, 0.05) is 5.56 Å². The van der Waals surface area contributed by atoms with E-state index in [9.17, 15) is 0 Å². The molecule has 0 bridgehead atoms. The van der Waals surface area contributed by atoms with Crippen molar-refractivity contribution in [2.24, 2.45) is 0 Å². The normalized spacial score (nSPS) is 24.1. The molecule has 4 nitrogen and oxygen atoms in total. The number of hydrogen-bond acceptors (Lipinski definition) is 4.